The summed E-state index contributed by atoms with van der Waals surface area (Å²) in [5.74, 6) is 2.02. The summed E-state index contributed by atoms with van der Waals surface area (Å²) in [6.45, 7) is 14.7. The Labute approximate surface area is 288 Å². The molecular formula is C36H47N10O2P. The Hall–Kier alpha value is -4.25. The number of fused-ring (bicyclic) bond motifs is 2. The van der Waals surface area contributed by atoms with Gasteiger partial charge in [-0.2, -0.15) is 9.97 Å². The minimum atomic E-state index is -2.76. The molecule has 12 nitrogen and oxygen atoms in total. The first-order valence-corrected chi connectivity index (χ1v) is 19.8. The highest BCUT2D eigenvalue weighted by molar-refractivity contribution is 7.71. The topological polar surface area (TPSA) is 127 Å². The van der Waals surface area contributed by atoms with Gasteiger partial charge in [-0.15, -0.1) is 0 Å². The number of aromatic nitrogens is 5. The van der Waals surface area contributed by atoms with E-state index in [1.807, 2.05) is 24.4 Å². The fraction of sp³-hybridized carbons (Fsp3) is 0.444. The fourth-order valence-corrected chi connectivity index (χ4v) is 8.65. The first kappa shape index (κ1) is 33.3. The van der Waals surface area contributed by atoms with E-state index < -0.39 is 7.14 Å². The minimum Gasteiger partial charge on any atom is -0.494 e. The summed E-state index contributed by atoms with van der Waals surface area (Å²) in [7, 11) is 1.16. The van der Waals surface area contributed by atoms with Gasteiger partial charge in [0.1, 0.15) is 29.9 Å². The lowest BCUT2D eigenvalue weighted by atomic mass is 9.96. The Bertz CT molecular complexity index is 2010. The molecule has 2 fully saturated rings. The molecule has 0 atom stereocenters. The molecule has 2 aromatic carbocycles. The molecule has 5 aromatic rings. The molecule has 2 aliphatic rings. The number of hydrogen-bond acceptors (Lipinski definition) is 11. The van der Waals surface area contributed by atoms with Gasteiger partial charge in [0.25, 0.3) is 0 Å². The van der Waals surface area contributed by atoms with Gasteiger partial charge in [-0.1, -0.05) is 13.8 Å². The SMILES string of the molecule is COc1cc(N2CCC(N3CCN(C)CC3)CC2)c(C(C)C)cc1Nc1nc(Nc2ccc3nccnc3c2P(C)(C)=O)c2cc[nH]c2n1. The Morgan fingerprint density at radius 2 is 1.69 bits per heavy atom. The largest absolute Gasteiger partial charge is 0.494 e. The van der Waals surface area contributed by atoms with E-state index in [2.05, 4.69) is 73.3 Å². The van der Waals surface area contributed by atoms with E-state index in [1.54, 1.807) is 32.8 Å². The number of piperazine rings is 1. The van der Waals surface area contributed by atoms with E-state index in [0.717, 1.165) is 56.1 Å². The number of methoxy groups -OCH3 is 1. The number of rotatable bonds is 9. The lowest BCUT2D eigenvalue weighted by Gasteiger charge is -2.43. The maximum absolute atomic E-state index is 13.6. The molecule has 3 N–H and O–H groups in total. The zero-order valence-electron chi connectivity index (χ0n) is 29.3. The summed E-state index contributed by atoms with van der Waals surface area (Å²) in [6.07, 6.45) is 7.44. The van der Waals surface area contributed by atoms with Crippen LogP contribution in [0.4, 0.5) is 28.8 Å². The minimum absolute atomic E-state index is 0.300. The molecule has 0 unspecified atom stereocenters. The number of nitrogens with one attached hydrogen (secondary N) is 3. The number of nitrogens with zero attached hydrogens (tertiary/aromatic N) is 7. The number of benzene rings is 2. The Morgan fingerprint density at radius 3 is 2.41 bits per heavy atom. The molecule has 5 heterocycles. The van der Waals surface area contributed by atoms with Crippen molar-refractivity contribution in [1.29, 1.82) is 0 Å². The first-order chi connectivity index (χ1) is 23.6. The summed E-state index contributed by atoms with van der Waals surface area (Å²) in [5, 5.41) is 8.39. The van der Waals surface area contributed by atoms with E-state index >= 15 is 0 Å². The molecule has 3 aromatic heterocycles. The van der Waals surface area contributed by atoms with Crippen molar-refractivity contribution in [2.24, 2.45) is 0 Å². The second-order valence-corrected chi connectivity index (χ2v) is 17.1. The zero-order chi connectivity index (χ0) is 34.3. The van der Waals surface area contributed by atoms with Crippen molar-refractivity contribution >= 4 is 63.3 Å². The molecule has 2 saturated heterocycles. The highest BCUT2D eigenvalue weighted by Gasteiger charge is 2.29. The van der Waals surface area contributed by atoms with E-state index in [0.29, 0.717) is 51.4 Å². The van der Waals surface area contributed by atoms with Crippen molar-refractivity contribution < 1.29 is 9.30 Å². The highest BCUT2D eigenvalue weighted by atomic mass is 31.2. The molecule has 13 heteroatoms. The van der Waals surface area contributed by atoms with E-state index in [4.69, 9.17) is 14.7 Å². The Kier molecular flexibility index (Phi) is 9.21. The monoisotopic (exact) mass is 682 g/mol. The van der Waals surface area contributed by atoms with Crippen molar-refractivity contribution in [1.82, 2.24) is 34.7 Å². The van der Waals surface area contributed by atoms with Gasteiger partial charge in [-0.3, -0.25) is 14.9 Å². The van der Waals surface area contributed by atoms with Crippen LogP contribution < -0.4 is 25.6 Å². The van der Waals surface area contributed by atoms with Crippen LogP contribution in [0, 0.1) is 0 Å². The number of ether oxygens (including phenoxy) is 1. The maximum Gasteiger partial charge on any atom is 0.231 e. The smallest absolute Gasteiger partial charge is 0.231 e. The number of piperidine rings is 1. The first-order valence-electron chi connectivity index (χ1n) is 17.2. The molecule has 0 amide bonds. The number of aromatic amines is 1. The molecule has 0 spiro atoms. The van der Waals surface area contributed by atoms with Crippen LogP contribution in [0.1, 0.15) is 38.2 Å². The van der Waals surface area contributed by atoms with Crippen LogP contribution in [0.5, 0.6) is 5.75 Å². The summed E-state index contributed by atoms with van der Waals surface area (Å²) in [4.78, 5) is 29.6. The van der Waals surface area contributed by atoms with Gasteiger partial charge in [-0.25, -0.2) is 0 Å². The van der Waals surface area contributed by atoms with Gasteiger partial charge in [0.2, 0.25) is 5.95 Å². The third-order valence-corrected chi connectivity index (χ3v) is 11.4. The van der Waals surface area contributed by atoms with Crippen LogP contribution in [-0.4, -0.2) is 108 Å². The standard InChI is InChI=1S/C36H47N10O2P/c1-23(2)26-21-29(31(48-4)22-30(26)46-15-10-24(11-16-46)45-19-17-44(3)18-20-45)41-36-42-34-25(9-12-39-34)35(43-36)40-28-8-7-27-32(38-14-13-37-27)33(28)49(5,6)47/h7-9,12-14,21-24H,10-11,15-20H2,1-6H3,(H3,39,40,41,42,43). The zero-order valence-corrected chi connectivity index (χ0v) is 30.2. The second-order valence-electron chi connectivity index (χ2n) is 13.9. The van der Waals surface area contributed by atoms with E-state index in [9.17, 15) is 4.57 Å². The molecule has 0 bridgehead atoms. The lowest BCUT2D eigenvalue weighted by molar-refractivity contribution is 0.0982. The number of H-pyrrole nitrogens is 1. The van der Waals surface area contributed by atoms with Gasteiger partial charge in [-0.05, 0) is 69.0 Å². The molecule has 7 rings (SSSR count). The third-order valence-electron chi connectivity index (χ3n) is 9.90. The third kappa shape index (κ3) is 6.82. The number of likely N-dealkylation sites (N-methyl/N-ethyl adjacent to an activating group) is 1. The highest BCUT2D eigenvalue weighted by Crippen LogP contribution is 2.42. The summed E-state index contributed by atoms with van der Waals surface area (Å²) < 4.78 is 19.6. The van der Waals surface area contributed by atoms with Crippen molar-refractivity contribution in [2.45, 2.75) is 38.6 Å². The van der Waals surface area contributed by atoms with Gasteiger partial charge < -0.3 is 34.7 Å². The van der Waals surface area contributed by atoms with E-state index in [-0.39, 0.29) is 0 Å². The van der Waals surface area contributed by atoms with Crippen LogP contribution in [0.25, 0.3) is 22.1 Å². The van der Waals surface area contributed by atoms with Gasteiger partial charge in [0, 0.05) is 75.7 Å². The van der Waals surface area contributed by atoms with Crippen molar-refractivity contribution in [2.75, 3.05) is 82.3 Å². The van der Waals surface area contributed by atoms with Gasteiger partial charge >= 0.3 is 0 Å². The molecule has 49 heavy (non-hydrogen) atoms. The van der Waals surface area contributed by atoms with Crippen molar-refractivity contribution in [3.05, 3.63) is 54.5 Å². The summed E-state index contributed by atoms with van der Waals surface area (Å²) in [5.41, 5.74) is 5.94. The predicted molar refractivity (Wildman–Crippen MR) is 200 cm³/mol. The maximum atomic E-state index is 13.6. The van der Waals surface area contributed by atoms with Crippen molar-refractivity contribution in [3.63, 3.8) is 0 Å². The lowest BCUT2D eigenvalue weighted by Crippen LogP contribution is -2.52. The Morgan fingerprint density at radius 1 is 0.939 bits per heavy atom. The quantitative estimate of drug-likeness (QED) is 0.159. The van der Waals surface area contributed by atoms with Crippen LogP contribution in [0.2, 0.25) is 0 Å². The van der Waals surface area contributed by atoms with Gasteiger partial charge in [0.05, 0.1) is 34.7 Å². The average molecular weight is 683 g/mol. The Balaban J connectivity index is 1.18. The normalized spacial score (nSPS) is 16.9. The van der Waals surface area contributed by atoms with Crippen LogP contribution in [0.15, 0.2) is 48.9 Å². The fourth-order valence-electron chi connectivity index (χ4n) is 7.26. The molecule has 2 aliphatic heterocycles. The van der Waals surface area contributed by atoms with E-state index in [1.165, 1.54) is 24.1 Å². The average Bonchev–Trinajstić information content (AvgIpc) is 3.57. The summed E-state index contributed by atoms with van der Waals surface area (Å²) in [6, 6.07) is 10.7. The predicted octanol–water partition coefficient (Wildman–Crippen LogP) is 5.98. The number of anilines is 5. The molecule has 0 aliphatic carbocycles. The van der Waals surface area contributed by atoms with Gasteiger partial charge in [0.15, 0.2) is 0 Å². The molecular weight excluding hydrogens is 635 g/mol. The van der Waals surface area contributed by atoms with Crippen LogP contribution >= 0.6 is 7.14 Å². The summed E-state index contributed by atoms with van der Waals surface area (Å²) >= 11 is 0. The van der Waals surface area contributed by atoms with Crippen LogP contribution in [0.3, 0.4) is 0 Å². The molecule has 0 saturated carbocycles. The van der Waals surface area contributed by atoms with Crippen molar-refractivity contribution in [3.8, 4) is 5.75 Å². The van der Waals surface area contributed by atoms with Crippen LogP contribution in [-0.2, 0) is 4.57 Å². The number of hydrogen-bond donors (Lipinski definition) is 3. The second kappa shape index (κ2) is 13.6. The molecule has 258 valence electrons. The molecule has 0 radical (unpaired) electrons.